The van der Waals surface area contributed by atoms with Crippen LogP contribution in [0.5, 0.6) is 0 Å². The maximum absolute atomic E-state index is 11.9. The van der Waals surface area contributed by atoms with Crippen molar-refractivity contribution < 1.29 is 19.4 Å². The van der Waals surface area contributed by atoms with Gasteiger partial charge >= 0.3 is 11.9 Å². The fourth-order valence-electron chi connectivity index (χ4n) is 2.52. The third kappa shape index (κ3) is 5.05. The molecule has 7 heteroatoms. The molecule has 0 aromatic heterocycles. The summed E-state index contributed by atoms with van der Waals surface area (Å²) in [4.78, 5) is 27.6. The molecule has 2 rings (SSSR count). The van der Waals surface area contributed by atoms with Gasteiger partial charge in [-0.05, 0) is 19.2 Å². The molecule has 0 amide bonds. The molecule has 1 N–H and O–H groups in total. The Labute approximate surface area is 141 Å². The standard InChI is InChI=1S/C17H21N3O4/c1-19-6-8-20(9-7-19)5-4-16(21)24-12-14-3-2-13(11-18)10-15(14)17(22)23/h2-3,10H,4-9,12H2,1H3,(H,22,23). The van der Waals surface area contributed by atoms with Gasteiger partial charge in [-0.3, -0.25) is 4.79 Å². The average Bonchev–Trinajstić information content (AvgIpc) is 2.59. The van der Waals surface area contributed by atoms with Crippen molar-refractivity contribution in [2.75, 3.05) is 39.8 Å². The predicted molar refractivity (Wildman–Crippen MR) is 86.5 cm³/mol. The fraction of sp³-hybridized carbons (Fsp3) is 0.471. The number of hydrogen-bond acceptors (Lipinski definition) is 6. The lowest BCUT2D eigenvalue weighted by molar-refractivity contribution is -0.145. The number of piperazine rings is 1. The summed E-state index contributed by atoms with van der Waals surface area (Å²) in [5, 5.41) is 18.0. The van der Waals surface area contributed by atoms with Gasteiger partial charge in [0.05, 0.1) is 23.6 Å². The Hall–Kier alpha value is -2.43. The van der Waals surface area contributed by atoms with Crippen molar-refractivity contribution in [3.8, 4) is 6.07 Å². The molecule has 0 saturated carbocycles. The highest BCUT2D eigenvalue weighted by atomic mass is 16.5. The van der Waals surface area contributed by atoms with Crippen LogP contribution < -0.4 is 0 Å². The Bertz CT molecular complexity index is 646. The van der Waals surface area contributed by atoms with Crippen molar-refractivity contribution in [1.29, 1.82) is 5.26 Å². The number of ether oxygens (including phenoxy) is 1. The van der Waals surface area contributed by atoms with Gasteiger partial charge in [0.15, 0.2) is 0 Å². The SMILES string of the molecule is CN1CCN(CCC(=O)OCc2ccc(C#N)cc2C(=O)O)CC1. The zero-order valence-electron chi connectivity index (χ0n) is 13.7. The van der Waals surface area contributed by atoms with Crippen LogP contribution in [0.4, 0.5) is 0 Å². The largest absolute Gasteiger partial charge is 0.478 e. The number of carbonyl (C=O) groups is 2. The normalized spacial score (nSPS) is 15.7. The van der Waals surface area contributed by atoms with E-state index < -0.39 is 5.97 Å². The van der Waals surface area contributed by atoms with E-state index in [1.54, 1.807) is 0 Å². The second-order valence-corrected chi connectivity index (χ2v) is 5.84. The van der Waals surface area contributed by atoms with E-state index >= 15 is 0 Å². The molecule has 7 nitrogen and oxygen atoms in total. The maximum atomic E-state index is 11.9. The van der Waals surface area contributed by atoms with Crippen LogP contribution in [0.25, 0.3) is 0 Å². The summed E-state index contributed by atoms with van der Waals surface area (Å²) in [7, 11) is 2.07. The molecule has 24 heavy (non-hydrogen) atoms. The lowest BCUT2D eigenvalue weighted by Crippen LogP contribution is -2.45. The molecule has 0 spiro atoms. The van der Waals surface area contributed by atoms with Gasteiger partial charge < -0.3 is 19.6 Å². The number of likely N-dealkylation sites (N-methyl/N-ethyl adjacent to an activating group) is 1. The fourth-order valence-corrected chi connectivity index (χ4v) is 2.52. The minimum atomic E-state index is -1.14. The highest BCUT2D eigenvalue weighted by Crippen LogP contribution is 2.14. The first-order valence-corrected chi connectivity index (χ1v) is 7.82. The van der Waals surface area contributed by atoms with E-state index in [-0.39, 0.29) is 30.1 Å². The van der Waals surface area contributed by atoms with Crippen molar-refractivity contribution in [3.63, 3.8) is 0 Å². The molecule has 0 atom stereocenters. The molecule has 0 unspecified atom stereocenters. The lowest BCUT2D eigenvalue weighted by Gasteiger charge is -2.31. The number of carboxylic acid groups (broad SMARTS) is 1. The molecule has 1 aromatic carbocycles. The zero-order chi connectivity index (χ0) is 17.5. The summed E-state index contributed by atoms with van der Waals surface area (Å²) in [6.45, 7) is 4.39. The first-order chi connectivity index (χ1) is 11.5. The minimum Gasteiger partial charge on any atom is -0.478 e. The zero-order valence-corrected chi connectivity index (χ0v) is 13.7. The molecule has 1 aromatic rings. The molecule has 1 aliphatic rings. The summed E-state index contributed by atoms with van der Waals surface area (Å²) in [5.74, 6) is -1.50. The van der Waals surface area contributed by atoms with Crippen LogP contribution in [0.3, 0.4) is 0 Å². The lowest BCUT2D eigenvalue weighted by atomic mass is 10.1. The van der Waals surface area contributed by atoms with E-state index in [2.05, 4.69) is 16.8 Å². The number of nitriles is 1. The number of rotatable bonds is 6. The number of carboxylic acids is 1. The van der Waals surface area contributed by atoms with Crippen molar-refractivity contribution in [2.45, 2.75) is 13.0 Å². The molecule has 0 aliphatic carbocycles. The van der Waals surface area contributed by atoms with E-state index in [0.717, 1.165) is 26.2 Å². The van der Waals surface area contributed by atoms with Crippen molar-refractivity contribution in [2.24, 2.45) is 0 Å². The van der Waals surface area contributed by atoms with E-state index in [4.69, 9.17) is 10.00 Å². The highest BCUT2D eigenvalue weighted by Gasteiger charge is 2.16. The molecule has 1 saturated heterocycles. The van der Waals surface area contributed by atoms with Gasteiger partial charge in [0, 0.05) is 38.3 Å². The van der Waals surface area contributed by atoms with Gasteiger partial charge in [0.1, 0.15) is 6.61 Å². The van der Waals surface area contributed by atoms with Crippen LogP contribution in [0.2, 0.25) is 0 Å². The molecule has 1 aliphatic heterocycles. The summed E-state index contributed by atoms with van der Waals surface area (Å²) >= 11 is 0. The Morgan fingerprint density at radius 1 is 1.29 bits per heavy atom. The Kier molecular flexibility index (Phi) is 6.29. The maximum Gasteiger partial charge on any atom is 0.336 e. The van der Waals surface area contributed by atoms with Crippen molar-refractivity contribution in [3.05, 3.63) is 34.9 Å². The first kappa shape index (κ1) is 17.9. The van der Waals surface area contributed by atoms with E-state index in [0.29, 0.717) is 12.1 Å². The second kappa shape index (κ2) is 8.43. The highest BCUT2D eigenvalue weighted by molar-refractivity contribution is 5.89. The third-order valence-electron chi connectivity index (χ3n) is 4.09. The van der Waals surface area contributed by atoms with Crippen LogP contribution in [-0.4, -0.2) is 66.6 Å². The number of nitrogens with zero attached hydrogens (tertiary/aromatic N) is 3. The van der Waals surface area contributed by atoms with E-state index in [9.17, 15) is 14.7 Å². The molecule has 0 radical (unpaired) electrons. The molecular weight excluding hydrogens is 310 g/mol. The molecule has 1 fully saturated rings. The van der Waals surface area contributed by atoms with Crippen LogP contribution in [0, 0.1) is 11.3 Å². The summed E-state index contributed by atoms with van der Waals surface area (Å²) in [5.41, 5.74) is 0.632. The number of esters is 1. The summed E-state index contributed by atoms with van der Waals surface area (Å²) in [6.07, 6.45) is 0.280. The first-order valence-electron chi connectivity index (χ1n) is 7.82. The van der Waals surface area contributed by atoms with Gasteiger partial charge in [-0.25, -0.2) is 4.79 Å². The molecule has 0 bridgehead atoms. The summed E-state index contributed by atoms with van der Waals surface area (Å²) < 4.78 is 5.18. The van der Waals surface area contributed by atoms with Crippen LogP contribution >= 0.6 is 0 Å². The number of benzene rings is 1. The van der Waals surface area contributed by atoms with Gasteiger partial charge in [-0.2, -0.15) is 5.26 Å². The smallest absolute Gasteiger partial charge is 0.336 e. The van der Waals surface area contributed by atoms with Crippen LogP contribution in [0.1, 0.15) is 27.9 Å². The monoisotopic (exact) mass is 331 g/mol. The molecule has 1 heterocycles. The van der Waals surface area contributed by atoms with Crippen molar-refractivity contribution >= 4 is 11.9 Å². The van der Waals surface area contributed by atoms with E-state index in [1.807, 2.05) is 6.07 Å². The van der Waals surface area contributed by atoms with E-state index in [1.165, 1.54) is 18.2 Å². The predicted octanol–water partition coefficient (Wildman–Crippen LogP) is 0.937. The Balaban J connectivity index is 1.83. The molecule has 128 valence electrons. The minimum absolute atomic E-state index is 0.0130. The number of aromatic carboxylic acids is 1. The topological polar surface area (TPSA) is 93.9 Å². The van der Waals surface area contributed by atoms with Crippen molar-refractivity contribution in [1.82, 2.24) is 9.80 Å². The van der Waals surface area contributed by atoms with Gasteiger partial charge in [0.2, 0.25) is 0 Å². The average molecular weight is 331 g/mol. The Morgan fingerprint density at radius 3 is 2.62 bits per heavy atom. The number of hydrogen-bond donors (Lipinski definition) is 1. The number of carbonyl (C=O) groups excluding carboxylic acids is 1. The van der Waals surface area contributed by atoms with Crippen LogP contribution in [-0.2, 0) is 16.1 Å². The van der Waals surface area contributed by atoms with Crippen LogP contribution in [0.15, 0.2) is 18.2 Å². The van der Waals surface area contributed by atoms with Gasteiger partial charge in [-0.15, -0.1) is 0 Å². The second-order valence-electron chi connectivity index (χ2n) is 5.84. The van der Waals surface area contributed by atoms with Gasteiger partial charge in [-0.1, -0.05) is 6.07 Å². The van der Waals surface area contributed by atoms with Gasteiger partial charge in [0.25, 0.3) is 0 Å². The third-order valence-corrected chi connectivity index (χ3v) is 4.09. The Morgan fingerprint density at radius 2 is 2.00 bits per heavy atom. The quantitative estimate of drug-likeness (QED) is 0.775. The summed E-state index contributed by atoms with van der Waals surface area (Å²) in [6, 6.07) is 6.20. The molecular formula is C17H21N3O4.